The molecule has 0 heterocycles. The summed E-state index contributed by atoms with van der Waals surface area (Å²) in [6.07, 6.45) is 9.21. The Bertz CT molecular complexity index is 928. The second kappa shape index (κ2) is 7.42. The number of anilines is 1. The van der Waals surface area contributed by atoms with Crippen LogP contribution in [0, 0.1) is 0 Å². The van der Waals surface area contributed by atoms with E-state index >= 15 is 0 Å². The second-order valence-electron chi connectivity index (χ2n) is 6.43. The summed E-state index contributed by atoms with van der Waals surface area (Å²) >= 11 is 0. The molecule has 0 atom stereocenters. The molecule has 2 aromatic rings. The molecule has 0 saturated carbocycles. The number of sulfonamides is 1. The Kier molecular flexibility index (Phi) is 5.25. The minimum absolute atomic E-state index is 0.335. The van der Waals surface area contributed by atoms with Gasteiger partial charge in [0.05, 0.1) is 4.90 Å². The van der Waals surface area contributed by atoms with Gasteiger partial charge in [-0.2, -0.15) is 0 Å². The first-order valence-corrected chi connectivity index (χ1v) is 10.0. The molecule has 25 heavy (non-hydrogen) atoms. The summed E-state index contributed by atoms with van der Waals surface area (Å²) in [7, 11) is 0.366. The molecule has 1 aliphatic rings. The minimum Gasteiger partial charge on any atom is -0.377 e. The molecule has 4 nitrogen and oxygen atoms in total. The lowest BCUT2D eigenvalue weighted by Crippen LogP contribution is -2.25. The van der Waals surface area contributed by atoms with Gasteiger partial charge in [0.2, 0.25) is 10.0 Å². The summed E-state index contributed by atoms with van der Waals surface area (Å²) in [5.41, 5.74) is 2.20. The number of hydrogen-bond donors (Lipinski definition) is 1. The van der Waals surface area contributed by atoms with Crippen LogP contribution in [0.1, 0.15) is 19.3 Å². The molecule has 5 heteroatoms. The van der Waals surface area contributed by atoms with Gasteiger partial charge < -0.3 is 4.90 Å². The lowest BCUT2D eigenvalue weighted by atomic mass is 10.0. The van der Waals surface area contributed by atoms with Crippen molar-refractivity contribution < 1.29 is 8.42 Å². The van der Waals surface area contributed by atoms with Crippen molar-refractivity contribution in [3.8, 4) is 0 Å². The predicted molar refractivity (Wildman–Crippen MR) is 105 cm³/mol. The Labute approximate surface area is 149 Å². The van der Waals surface area contributed by atoms with Crippen molar-refractivity contribution in [1.82, 2.24) is 4.72 Å². The Morgan fingerprint density at radius 3 is 2.52 bits per heavy atom. The SMILES string of the molecule is CN(C)c1cccc2c(S(=O)(=O)NCCC3=CCCC=C3)cccc12. The fraction of sp³-hybridized carbons (Fsp3) is 0.300. The highest BCUT2D eigenvalue weighted by Gasteiger charge is 2.18. The van der Waals surface area contributed by atoms with Crippen LogP contribution in [0.3, 0.4) is 0 Å². The number of allylic oxidation sites excluding steroid dienone is 3. The normalized spacial score (nSPS) is 14.6. The van der Waals surface area contributed by atoms with E-state index in [1.165, 1.54) is 5.57 Å². The smallest absolute Gasteiger partial charge is 0.241 e. The molecule has 0 bridgehead atoms. The lowest BCUT2D eigenvalue weighted by molar-refractivity contribution is 0.582. The van der Waals surface area contributed by atoms with Crippen LogP contribution in [0.15, 0.2) is 65.1 Å². The van der Waals surface area contributed by atoms with E-state index in [1.807, 2.05) is 43.3 Å². The zero-order chi connectivity index (χ0) is 17.9. The van der Waals surface area contributed by atoms with Gasteiger partial charge in [-0.1, -0.05) is 48.1 Å². The summed E-state index contributed by atoms with van der Waals surface area (Å²) in [6, 6.07) is 11.2. The first-order valence-electron chi connectivity index (χ1n) is 8.53. The monoisotopic (exact) mass is 356 g/mol. The fourth-order valence-corrected chi connectivity index (χ4v) is 4.40. The van der Waals surface area contributed by atoms with E-state index in [0.717, 1.165) is 29.3 Å². The summed E-state index contributed by atoms with van der Waals surface area (Å²) in [6.45, 7) is 0.405. The van der Waals surface area contributed by atoms with Crippen molar-refractivity contribution in [1.29, 1.82) is 0 Å². The van der Waals surface area contributed by atoms with Crippen molar-refractivity contribution in [3.05, 3.63) is 60.2 Å². The lowest BCUT2D eigenvalue weighted by Gasteiger charge is -2.17. The molecule has 1 N–H and O–H groups in total. The van der Waals surface area contributed by atoms with Gasteiger partial charge in [-0.15, -0.1) is 0 Å². The van der Waals surface area contributed by atoms with Crippen LogP contribution in [0.25, 0.3) is 10.8 Å². The molecule has 3 rings (SSSR count). The standard InChI is InChI=1S/C20H24N2O2S/c1-22(2)19-12-6-11-18-17(19)10-7-13-20(18)25(23,24)21-15-14-16-8-4-3-5-9-16/h4,6-13,21H,3,5,14-15H2,1-2H3. The number of rotatable bonds is 6. The topological polar surface area (TPSA) is 49.4 Å². The Morgan fingerprint density at radius 2 is 1.80 bits per heavy atom. The Hall–Kier alpha value is -2.11. The molecule has 0 radical (unpaired) electrons. The average Bonchev–Trinajstić information content (AvgIpc) is 2.61. The molecule has 132 valence electrons. The first kappa shape index (κ1) is 17.7. The molecule has 1 aliphatic carbocycles. The van der Waals surface area contributed by atoms with Gasteiger partial charge in [0, 0.05) is 37.1 Å². The number of nitrogens with one attached hydrogen (secondary N) is 1. The third-order valence-corrected chi connectivity index (χ3v) is 5.93. The van der Waals surface area contributed by atoms with Crippen LogP contribution in [0.2, 0.25) is 0 Å². The quantitative estimate of drug-likeness (QED) is 0.855. The van der Waals surface area contributed by atoms with Gasteiger partial charge in [0.1, 0.15) is 0 Å². The van der Waals surface area contributed by atoms with Gasteiger partial charge in [0.15, 0.2) is 0 Å². The molecule has 0 saturated heterocycles. The highest BCUT2D eigenvalue weighted by Crippen LogP contribution is 2.30. The molecular formula is C20H24N2O2S. The van der Waals surface area contributed by atoms with Gasteiger partial charge in [0.25, 0.3) is 0 Å². The number of benzene rings is 2. The molecule has 0 unspecified atom stereocenters. The van der Waals surface area contributed by atoms with Crippen LogP contribution in [-0.2, 0) is 10.0 Å². The summed E-state index contributed by atoms with van der Waals surface area (Å²) < 4.78 is 28.4. The van der Waals surface area contributed by atoms with Crippen molar-refractivity contribution in [3.63, 3.8) is 0 Å². The fourth-order valence-electron chi connectivity index (χ4n) is 3.15. The number of nitrogens with zero attached hydrogens (tertiary/aromatic N) is 1. The number of fused-ring (bicyclic) bond motifs is 1. The van der Waals surface area contributed by atoms with Crippen molar-refractivity contribution >= 4 is 26.5 Å². The zero-order valence-electron chi connectivity index (χ0n) is 14.7. The third-order valence-electron chi connectivity index (χ3n) is 4.41. The third kappa shape index (κ3) is 3.94. The average molecular weight is 356 g/mol. The van der Waals surface area contributed by atoms with Gasteiger partial charge in [-0.25, -0.2) is 13.1 Å². The van der Waals surface area contributed by atoms with E-state index in [2.05, 4.69) is 23.0 Å². The van der Waals surface area contributed by atoms with Crippen LogP contribution >= 0.6 is 0 Å². The van der Waals surface area contributed by atoms with E-state index < -0.39 is 10.0 Å². The Balaban J connectivity index is 1.85. The summed E-state index contributed by atoms with van der Waals surface area (Å²) in [4.78, 5) is 2.33. The zero-order valence-corrected chi connectivity index (χ0v) is 15.5. The van der Waals surface area contributed by atoms with Crippen molar-refractivity contribution in [2.75, 3.05) is 25.5 Å². The number of hydrogen-bond acceptors (Lipinski definition) is 3. The van der Waals surface area contributed by atoms with Crippen molar-refractivity contribution in [2.45, 2.75) is 24.2 Å². The summed E-state index contributed by atoms with van der Waals surface area (Å²) in [5.74, 6) is 0. The second-order valence-corrected chi connectivity index (χ2v) is 8.16. The Morgan fingerprint density at radius 1 is 1.04 bits per heavy atom. The van der Waals surface area contributed by atoms with Crippen LogP contribution in [-0.4, -0.2) is 29.1 Å². The maximum Gasteiger partial charge on any atom is 0.241 e. The minimum atomic E-state index is -3.55. The van der Waals surface area contributed by atoms with E-state index in [0.29, 0.717) is 17.9 Å². The highest BCUT2D eigenvalue weighted by atomic mass is 32.2. The maximum absolute atomic E-state index is 12.8. The molecule has 0 aliphatic heterocycles. The van der Waals surface area contributed by atoms with Crippen LogP contribution in [0.5, 0.6) is 0 Å². The van der Waals surface area contributed by atoms with E-state index in [4.69, 9.17) is 0 Å². The molecular weight excluding hydrogens is 332 g/mol. The molecule has 0 aromatic heterocycles. The van der Waals surface area contributed by atoms with Crippen LogP contribution in [0.4, 0.5) is 5.69 Å². The van der Waals surface area contributed by atoms with E-state index in [-0.39, 0.29) is 0 Å². The first-order chi connectivity index (χ1) is 12.0. The molecule has 0 fully saturated rings. The predicted octanol–water partition coefficient (Wildman–Crippen LogP) is 3.85. The van der Waals surface area contributed by atoms with Crippen molar-refractivity contribution in [2.24, 2.45) is 0 Å². The molecule has 0 spiro atoms. The highest BCUT2D eigenvalue weighted by molar-refractivity contribution is 7.89. The van der Waals surface area contributed by atoms with E-state index in [1.54, 1.807) is 12.1 Å². The van der Waals surface area contributed by atoms with Gasteiger partial charge in [-0.05, 0) is 31.4 Å². The van der Waals surface area contributed by atoms with Crippen LogP contribution < -0.4 is 9.62 Å². The van der Waals surface area contributed by atoms with E-state index in [9.17, 15) is 8.42 Å². The summed E-state index contributed by atoms with van der Waals surface area (Å²) in [5, 5.41) is 1.69. The molecule has 2 aromatic carbocycles. The van der Waals surface area contributed by atoms with Gasteiger partial charge >= 0.3 is 0 Å². The molecule has 0 amide bonds. The largest absolute Gasteiger partial charge is 0.377 e. The maximum atomic E-state index is 12.8. The van der Waals surface area contributed by atoms with Gasteiger partial charge in [-0.3, -0.25) is 0 Å².